The van der Waals surface area contributed by atoms with Crippen molar-refractivity contribution in [3.8, 4) is 44.5 Å². The normalized spacial score (nSPS) is 16.6. The van der Waals surface area contributed by atoms with Gasteiger partial charge in [0, 0.05) is 11.1 Å². The molecular formula is C64H41N3. The van der Waals surface area contributed by atoms with E-state index in [1.54, 1.807) is 0 Å². The third kappa shape index (κ3) is 5.65. The molecule has 2 atom stereocenters. The van der Waals surface area contributed by atoms with Crippen molar-refractivity contribution in [1.82, 2.24) is 5.32 Å². The van der Waals surface area contributed by atoms with E-state index in [9.17, 15) is 0 Å². The number of hydrogen-bond acceptors (Lipinski definition) is 3. The van der Waals surface area contributed by atoms with Crippen molar-refractivity contribution < 1.29 is 0 Å². The van der Waals surface area contributed by atoms with Gasteiger partial charge in [0.25, 0.3) is 0 Å². The van der Waals surface area contributed by atoms with Crippen molar-refractivity contribution in [1.29, 1.82) is 0 Å². The van der Waals surface area contributed by atoms with E-state index in [1.807, 2.05) is 12.1 Å². The quantitative estimate of drug-likeness (QED) is 0.172. The predicted octanol–water partition coefficient (Wildman–Crippen LogP) is 15.3. The second-order valence-electron chi connectivity index (χ2n) is 18.0. The molecule has 0 amide bonds. The monoisotopic (exact) mass is 851 g/mol. The van der Waals surface area contributed by atoms with Gasteiger partial charge in [-0.15, -0.1) is 0 Å². The summed E-state index contributed by atoms with van der Waals surface area (Å²) >= 11 is 0. The molecule has 0 saturated heterocycles. The maximum absolute atomic E-state index is 5.20. The van der Waals surface area contributed by atoms with Crippen LogP contribution in [0.15, 0.2) is 247 Å². The summed E-state index contributed by atoms with van der Waals surface area (Å²) in [5.41, 5.74) is 17.8. The fourth-order valence-corrected chi connectivity index (χ4v) is 11.5. The minimum atomic E-state index is -0.491. The van der Waals surface area contributed by atoms with Gasteiger partial charge in [0.05, 0.1) is 5.41 Å². The van der Waals surface area contributed by atoms with Crippen LogP contribution in [0.1, 0.15) is 45.1 Å². The summed E-state index contributed by atoms with van der Waals surface area (Å²) in [6.45, 7) is 0. The maximum Gasteiger partial charge on any atom is 0.159 e. The lowest BCUT2D eigenvalue weighted by molar-refractivity contribution is 0.674. The third-order valence-corrected chi connectivity index (χ3v) is 14.6. The number of fused-ring (bicyclic) bond motifs is 16. The summed E-state index contributed by atoms with van der Waals surface area (Å²) in [6.07, 6.45) is -0.280. The van der Waals surface area contributed by atoms with Gasteiger partial charge >= 0.3 is 0 Å². The Kier molecular flexibility index (Phi) is 8.26. The van der Waals surface area contributed by atoms with Gasteiger partial charge in [-0.05, 0) is 123 Å². The molecule has 1 aliphatic heterocycles. The van der Waals surface area contributed by atoms with Crippen molar-refractivity contribution in [3.05, 3.63) is 276 Å². The van der Waals surface area contributed by atoms with Crippen molar-refractivity contribution in [2.24, 2.45) is 9.98 Å². The predicted molar refractivity (Wildman–Crippen MR) is 278 cm³/mol. The Balaban J connectivity index is 0.902. The molecule has 1 N–H and O–H groups in total. The SMILES string of the molecule is c1ccc(-c2ccc(C3=NC(c4ccc(-c5ccc6c(c5)C5(c7ccccc7-6)c6ccccc6-c6cc7c8ccccc8c8ccccc8c7cc65)cc4)=NC(c4ccccc4)N3)cc2)cc1. The zero-order chi connectivity index (χ0) is 44.1. The Morgan fingerprint density at radius 3 is 1.42 bits per heavy atom. The largest absolute Gasteiger partial charge is 0.344 e. The molecule has 11 aromatic carbocycles. The Bertz CT molecular complexity index is 3870. The van der Waals surface area contributed by atoms with Crippen molar-refractivity contribution in [2.75, 3.05) is 0 Å². The molecule has 3 nitrogen and oxygen atoms in total. The van der Waals surface area contributed by atoms with Crippen molar-refractivity contribution in [2.45, 2.75) is 11.6 Å². The highest BCUT2D eigenvalue weighted by Crippen LogP contribution is 2.64. The fraction of sp³-hybridized carbons (Fsp3) is 0.0312. The molecule has 11 aromatic rings. The highest BCUT2D eigenvalue weighted by Gasteiger charge is 2.52. The van der Waals surface area contributed by atoms with E-state index >= 15 is 0 Å². The van der Waals surface area contributed by atoms with E-state index in [1.165, 1.54) is 93.5 Å². The van der Waals surface area contributed by atoms with Crippen LogP contribution in [0.2, 0.25) is 0 Å². The molecule has 2 unspecified atom stereocenters. The van der Waals surface area contributed by atoms with E-state index < -0.39 is 5.41 Å². The van der Waals surface area contributed by atoms with Gasteiger partial charge in [0.2, 0.25) is 0 Å². The molecule has 312 valence electrons. The first-order valence-electron chi connectivity index (χ1n) is 23.2. The van der Waals surface area contributed by atoms with Gasteiger partial charge in [-0.25, -0.2) is 9.98 Å². The fourth-order valence-electron chi connectivity index (χ4n) is 11.5. The van der Waals surface area contributed by atoms with Gasteiger partial charge in [-0.1, -0.05) is 218 Å². The van der Waals surface area contributed by atoms with Crippen molar-refractivity contribution >= 4 is 44.0 Å². The number of rotatable bonds is 5. The summed E-state index contributed by atoms with van der Waals surface area (Å²) in [4.78, 5) is 10.4. The Morgan fingerprint density at radius 1 is 0.313 bits per heavy atom. The standard InChI is InChI=1S/C64H41N3/c1-3-15-40(16-4-1)41-27-31-44(32-28-41)62-65-61(43-17-5-2-6-18-43)66-63(67-62)45-33-29-42(30-34-45)46-35-36-53-51-23-11-13-25-57(51)64(59(53)37-46)58-26-14-12-24-52(58)56-38-54-49-21-9-7-19-47(49)48-20-8-10-22-50(48)55(54)39-60(56)64/h1-39,61H,(H,65,66,67). The molecule has 3 heteroatoms. The lowest BCUT2D eigenvalue weighted by Gasteiger charge is -2.31. The minimum Gasteiger partial charge on any atom is -0.344 e. The van der Waals surface area contributed by atoms with E-state index in [2.05, 4.69) is 230 Å². The van der Waals surface area contributed by atoms with E-state index in [4.69, 9.17) is 9.98 Å². The van der Waals surface area contributed by atoms with E-state index in [0.717, 1.165) is 28.1 Å². The summed E-state index contributed by atoms with van der Waals surface area (Å²) in [7, 11) is 0. The van der Waals surface area contributed by atoms with Crippen molar-refractivity contribution in [3.63, 3.8) is 0 Å². The molecule has 3 aliphatic rings. The molecule has 0 aromatic heterocycles. The highest BCUT2D eigenvalue weighted by molar-refractivity contribution is 6.26. The topological polar surface area (TPSA) is 36.8 Å². The van der Waals surface area contributed by atoms with Crippen LogP contribution in [0.3, 0.4) is 0 Å². The van der Waals surface area contributed by atoms with Crippen LogP contribution in [-0.4, -0.2) is 11.7 Å². The maximum atomic E-state index is 5.20. The number of amidine groups is 2. The molecular weight excluding hydrogens is 811 g/mol. The average molecular weight is 852 g/mol. The van der Waals surface area contributed by atoms with Crippen LogP contribution >= 0.6 is 0 Å². The Labute approximate surface area is 389 Å². The summed E-state index contributed by atoms with van der Waals surface area (Å²) in [5, 5.41) is 11.4. The van der Waals surface area contributed by atoms with Crippen LogP contribution in [0.4, 0.5) is 0 Å². The molecule has 1 spiro atoms. The summed E-state index contributed by atoms with van der Waals surface area (Å²) < 4.78 is 0. The van der Waals surface area contributed by atoms with Crippen LogP contribution in [0.5, 0.6) is 0 Å². The highest BCUT2D eigenvalue weighted by atomic mass is 15.2. The van der Waals surface area contributed by atoms with E-state index in [0.29, 0.717) is 5.84 Å². The first-order valence-corrected chi connectivity index (χ1v) is 23.2. The summed E-state index contributed by atoms with van der Waals surface area (Å²) in [6, 6.07) is 86.6. The molecule has 0 radical (unpaired) electrons. The second kappa shape index (κ2) is 14.7. The lowest BCUT2D eigenvalue weighted by Crippen LogP contribution is -2.33. The number of nitrogens with zero attached hydrogens (tertiary/aromatic N) is 2. The second-order valence-corrected chi connectivity index (χ2v) is 18.0. The average Bonchev–Trinajstić information content (AvgIpc) is 3.87. The van der Waals surface area contributed by atoms with Gasteiger partial charge in [-0.3, -0.25) is 0 Å². The zero-order valence-corrected chi connectivity index (χ0v) is 36.5. The molecule has 0 fully saturated rings. The number of hydrogen-bond donors (Lipinski definition) is 1. The molecule has 2 aliphatic carbocycles. The van der Waals surface area contributed by atoms with Gasteiger partial charge < -0.3 is 5.32 Å². The zero-order valence-electron chi connectivity index (χ0n) is 36.5. The van der Waals surface area contributed by atoms with Gasteiger partial charge in [-0.2, -0.15) is 0 Å². The molecule has 67 heavy (non-hydrogen) atoms. The first-order chi connectivity index (χ1) is 33.2. The summed E-state index contributed by atoms with van der Waals surface area (Å²) in [5.74, 6) is 1.51. The Hall–Kier alpha value is -8.66. The first kappa shape index (κ1) is 37.7. The Morgan fingerprint density at radius 2 is 0.761 bits per heavy atom. The smallest absolute Gasteiger partial charge is 0.159 e. The number of aliphatic imine (C=N–C) groups is 2. The van der Waals surface area contributed by atoms with Crippen LogP contribution in [0, 0.1) is 0 Å². The third-order valence-electron chi connectivity index (χ3n) is 14.6. The molecule has 14 rings (SSSR count). The van der Waals surface area contributed by atoms with Crippen LogP contribution < -0.4 is 5.32 Å². The molecule has 0 saturated carbocycles. The molecule has 1 heterocycles. The lowest BCUT2D eigenvalue weighted by atomic mass is 9.70. The minimum absolute atomic E-state index is 0.280. The van der Waals surface area contributed by atoms with Gasteiger partial charge in [0.1, 0.15) is 12.0 Å². The number of benzene rings is 11. The van der Waals surface area contributed by atoms with Gasteiger partial charge in [0.15, 0.2) is 5.84 Å². The molecule has 0 bridgehead atoms. The van der Waals surface area contributed by atoms with Crippen LogP contribution in [0.25, 0.3) is 76.8 Å². The van der Waals surface area contributed by atoms with Crippen LogP contribution in [-0.2, 0) is 5.41 Å². The number of nitrogens with one attached hydrogen (secondary N) is 1. The van der Waals surface area contributed by atoms with E-state index in [-0.39, 0.29) is 6.17 Å².